The van der Waals surface area contributed by atoms with E-state index in [-0.39, 0.29) is 18.4 Å². The molecule has 1 heterocycles. The molecule has 1 aromatic heterocycles. The van der Waals surface area contributed by atoms with Gasteiger partial charge >= 0.3 is 0 Å². The minimum absolute atomic E-state index is 0.0588. The number of benzene rings is 1. The van der Waals surface area contributed by atoms with Crippen molar-refractivity contribution in [2.75, 3.05) is 26.8 Å². The first-order chi connectivity index (χ1) is 11.1. The molecule has 122 valence electrons. The highest BCUT2D eigenvalue weighted by molar-refractivity contribution is 7.17. The van der Waals surface area contributed by atoms with E-state index in [2.05, 4.69) is 10.6 Å². The van der Waals surface area contributed by atoms with Crippen LogP contribution in [-0.2, 0) is 9.53 Å². The van der Waals surface area contributed by atoms with E-state index in [0.717, 1.165) is 10.4 Å². The standard InChI is InChI=1S/C16H17ClN2O3S/c1-22-9-8-18-15(20)10-19-16(21)14-7-6-13(23-14)11-2-4-12(17)5-3-11/h2-7H,8-10H2,1H3,(H,18,20)(H,19,21). The Bertz CT molecular complexity index is 670. The van der Waals surface area contributed by atoms with Gasteiger partial charge < -0.3 is 15.4 Å². The van der Waals surface area contributed by atoms with Crippen LogP contribution in [0, 0.1) is 0 Å². The highest BCUT2D eigenvalue weighted by Gasteiger charge is 2.11. The lowest BCUT2D eigenvalue weighted by molar-refractivity contribution is -0.120. The number of carbonyl (C=O) groups is 2. The molecule has 0 radical (unpaired) electrons. The first kappa shape index (κ1) is 17.5. The van der Waals surface area contributed by atoms with Crippen LogP contribution >= 0.6 is 22.9 Å². The topological polar surface area (TPSA) is 67.4 Å². The molecule has 0 bridgehead atoms. The van der Waals surface area contributed by atoms with Crippen molar-refractivity contribution in [1.82, 2.24) is 10.6 Å². The molecular formula is C16H17ClN2O3S. The van der Waals surface area contributed by atoms with Crippen LogP contribution in [0.2, 0.25) is 5.02 Å². The van der Waals surface area contributed by atoms with Gasteiger partial charge in [-0.1, -0.05) is 23.7 Å². The number of methoxy groups -OCH3 is 1. The number of halogens is 1. The normalized spacial score (nSPS) is 10.3. The Morgan fingerprint density at radius 3 is 2.57 bits per heavy atom. The van der Waals surface area contributed by atoms with Gasteiger partial charge in [0, 0.05) is 23.6 Å². The van der Waals surface area contributed by atoms with Crippen molar-refractivity contribution < 1.29 is 14.3 Å². The quantitative estimate of drug-likeness (QED) is 0.752. The Kier molecular flexibility index (Phi) is 6.58. The zero-order valence-electron chi connectivity index (χ0n) is 12.6. The maximum Gasteiger partial charge on any atom is 0.261 e. The first-order valence-corrected chi connectivity index (χ1v) is 8.19. The summed E-state index contributed by atoms with van der Waals surface area (Å²) in [6.07, 6.45) is 0. The lowest BCUT2D eigenvalue weighted by Crippen LogP contribution is -2.37. The van der Waals surface area contributed by atoms with E-state index in [1.807, 2.05) is 18.2 Å². The molecule has 2 amide bonds. The van der Waals surface area contributed by atoms with E-state index in [4.69, 9.17) is 16.3 Å². The number of rotatable bonds is 7. The van der Waals surface area contributed by atoms with Crippen molar-refractivity contribution in [3.63, 3.8) is 0 Å². The van der Waals surface area contributed by atoms with Crippen LogP contribution in [0.15, 0.2) is 36.4 Å². The average molecular weight is 353 g/mol. The van der Waals surface area contributed by atoms with Crippen molar-refractivity contribution in [2.24, 2.45) is 0 Å². The lowest BCUT2D eigenvalue weighted by atomic mass is 10.2. The molecule has 0 aliphatic carbocycles. The van der Waals surface area contributed by atoms with Gasteiger partial charge in [-0.05, 0) is 29.8 Å². The molecule has 0 fully saturated rings. The fourth-order valence-electron chi connectivity index (χ4n) is 1.83. The molecule has 0 atom stereocenters. The van der Waals surface area contributed by atoms with Gasteiger partial charge in [-0.2, -0.15) is 0 Å². The third-order valence-electron chi connectivity index (χ3n) is 3.00. The predicted octanol–water partition coefficient (Wildman–Crippen LogP) is 2.56. The van der Waals surface area contributed by atoms with Gasteiger partial charge in [-0.3, -0.25) is 9.59 Å². The Labute approximate surface area is 143 Å². The lowest BCUT2D eigenvalue weighted by Gasteiger charge is -2.05. The molecule has 2 aromatic rings. The van der Waals surface area contributed by atoms with Crippen LogP contribution in [0.5, 0.6) is 0 Å². The third kappa shape index (κ3) is 5.35. The second kappa shape index (κ2) is 8.67. The zero-order chi connectivity index (χ0) is 16.7. The van der Waals surface area contributed by atoms with Crippen molar-refractivity contribution in [3.05, 3.63) is 46.3 Å². The molecule has 0 aliphatic rings. The fraction of sp³-hybridized carbons (Fsp3) is 0.250. The van der Waals surface area contributed by atoms with E-state index in [1.54, 1.807) is 25.3 Å². The predicted molar refractivity (Wildman–Crippen MR) is 92.0 cm³/mol. The minimum atomic E-state index is -0.267. The van der Waals surface area contributed by atoms with Gasteiger partial charge in [-0.25, -0.2) is 0 Å². The van der Waals surface area contributed by atoms with Gasteiger partial charge in [-0.15, -0.1) is 11.3 Å². The summed E-state index contributed by atoms with van der Waals surface area (Å²) in [4.78, 5) is 25.1. The fourth-order valence-corrected chi connectivity index (χ4v) is 2.89. The third-order valence-corrected chi connectivity index (χ3v) is 4.38. The number of nitrogens with one attached hydrogen (secondary N) is 2. The second-order valence-electron chi connectivity index (χ2n) is 4.70. The SMILES string of the molecule is COCCNC(=O)CNC(=O)c1ccc(-c2ccc(Cl)cc2)s1. The van der Waals surface area contributed by atoms with Gasteiger partial charge in [0.1, 0.15) is 0 Å². The van der Waals surface area contributed by atoms with E-state index in [9.17, 15) is 9.59 Å². The maximum absolute atomic E-state index is 12.1. The van der Waals surface area contributed by atoms with Gasteiger partial charge in [0.25, 0.3) is 5.91 Å². The largest absolute Gasteiger partial charge is 0.383 e. The highest BCUT2D eigenvalue weighted by Crippen LogP contribution is 2.28. The van der Waals surface area contributed by atoms with Crippen LogP contribution < -0.4 is 10.6 Å². The second-order valence-corrected chi connectivity index (χ2v) is 6.22. The minimum Gasteiger partial charge on any atom is -0.383 e. The van der Waals surface area contributed by atoms with E-state index in [1.165, 1.54) is 11.3 Å². The zero-order valence-corrected chi connectivity index (χ0v) is 14.2. The van der Waals surface area contributed by atoms with E-state index in [0.29, 0.717) is 23.1 Å². The summed E-state index contributed by atoms with van der Waals surface area (Å²) in [6.45, 7) is 0.802. The summed E-state index contributed by atoms with van der Waals surface area (Å²) in [6, 6.07) is 11.0. The number of thiophene rings is 1. The summed E-state index contributed by atoms with van der Waals surface area (Å²) in [5, 5.41) is 5.91. The van der Waals surface area contributed by atoms with Crippen LogP contribution in [0.4, 0.5) is 0 Å². The van der Waals surface area contributed by atoms with Crippen LogP contribution in [0.1, 0.15) is 9.67 Å². The smallest absolute Gasteiger partial charge is 0.261 e. The number of amides is 2. The van der Waals surface area contributed by atoms with E-state index < -0.39 is 0 Å². The number of ether oxygens (including phenoxy) is 1. The Hall–Kier alpha value is -1.89. The van der Waals surface area contributed by atoms with Gasteiger partial charge in [0.15, 0.2) is 0 Å². The van der Waals surface area contributed by atoms with Crippen LogP contribution in [0.3, 0.4) is 0 Å². The Balaban J connectivity index is 1.88. The van der Waals surface area contributed by atoms with Crippen molar-refractivity contribution in [2.45, 2.75) is 0 Å². The van der Waals surface area contributed by atoms with Crippen molar-refractivity contribution >= 4 is 34.8 Å². The molecule has 1 aromatic carbocycles. The summed E-state index contributed by atoms with van der Waals surface area (Å²) in [5.74, 6) is -0.512. The number of hydrogen-bond donors (Lipinski definition) is 2. The van der Waals surface area contributed by atoms with E-state index >= 15 is 0 Å². The Morgan fingerprint density at radius 1 is 1.13 bits per heavy atom. The van der Waals surface area contributed by atoms with Gasteiger partial charge in [0.05, 0.1) is 18.0 Å². The number of carbonyl (C=O) groups excluding carboxylic acids is 2. The molecule has 0 saturated carbocycles. The molecule has 7 heteroatoms. The summed E-state index contributed by atoms with van der Waals surface area (Å²) < 4.78 is 4.83. The molecule has 0 unspecified atom stereocenters. The molecule has 2 N–H and O–H groups in total. The van der Waals surface area contributed by atoms with Gasteiger partial charge in [0.2, 0.25) is 5.91 Å². The first-order valence-electron chi connectivity index (χ1n) is 7.00. The van der Waals surface area contributed by atoms with Crippen LogP contribution in [0.25, 0.3) is 10.4 Å². The molecule has 0 spiro atoms. The molecule has 0 aliphatic heterocycles. The molecule has 23 heavy (non-hydrogen) atoms. The summed E-state index contributed by atoms with van der Waals surface area (Å²) in [5.41, 5.74) is 0.996. The van der Waals surface area contributed by atoms with Crippen LogP contribution in [-0.4, -0.2) is 38.6 Å². The monoisotopic (exact) mass is 352 g/mol. The molecule has 2 rings (SSSR count). The summed E-state index contributed by atoms with van der Waals surface area (Å²) in [7, 11) is 1.56. The maximum atomic E-state index is 12.1. The molecule has 0 saturated heterocycles. The van der Waals surface area contributed by atoms with Crippen molar-refractivity contribution in [3.8, 4) is 10.4 Å². The molecular weight excluding hydrogens is 336 g/mol. The molecule has 5 nitrogen and oxygen atoms in total. The summed E-state index contributed by atoms with van der Waals surface area (Å²) >= 11 is 7.23. The highest BCUT2D eigenvalue weighted by atomic mass is 35.5. The Morgan fingerprint density at radius 2 is 1.87 bits per heavy atom. The number of hydrogen-bond acceptors (Lipinski definition) is 4. The average Bonchev–Trinajstić information content (AvgIpc) is 3.03. The van der Waals surface area contributed by atoms with Crippen molar-refractivity contribution in [1.29, 1.82) is 0 Å².